The first kappa shape index (κ1) is 17.5. The molecular weight excluding hydrogens is 330 g/mol. The van der Waals surface area contributed by atoms with E-state index in [1.165, 1.54) is 0 Å². The Kier molecular flexibility index (Phi) is 5.53. The summed E-state index contributed by atoms with van der Waals surface area (Å²) in [7, 11) is 1.60. The van der Waals surface area contributed by atoms with Crippen LogP contribution in [0.25, 0.3) is 10.9 Å². The van der Waals surface area contributed by atoms with E-state index < -0.39 is 0 Å². The Hall–Kier alpha value is -3.28. The molecule has 1 heterocycles. The Morgan fingerprint density at radius 3 is 2.62 bits per heavy atom. The number of rotatable bonds is 7. The summed E-state index contributed by atoms with van der Waals surface area (Å²) in [6.07, 6.45) is 0.229. The molecule has 6 heteroatoms. The molecule has 0 radical (unpaired) electrons. The smallest absolute Gasteiger partial charge is 0.267 e. The van der Waals surface area contributed by atoms with E-state index in [9.17, 15) is 9.59 Å². The maximum atomic E-state index is 12.2. The zero-order chi connectivity index (χ0) is 18.4. The first-order valence-corrected chi connectivity index (χ1v) is 8.41. The van der Waals surface area contributed by atoms with Crippen molar-refractivity contribution in [2.24, 2.45) is 0 Å². The maximum absolute atomic E-state index is 12.2. The number of benzene rings is 2. The van der Waals surface area contributed by atoms with Gasteiger partial charge in [-0.3, -0.25) is 9.59 Å². The maximum Gasteiger partial charge on any atom is 0.267 e. The number of ether oxygens (including phenoxy) is 1. The van der Waals surface area contributed by atoms with Crippen LogP contribution in [0.4, 0.5) is 0 Å². The van der Waals surface area contributed by atoms with Gasteiger partial charge < -0.3 is 20.4 Å². The van der Waals surface area contributed by atoms with Gasteiger partial charge in [0.2, 0.25) is 5.91 Å². The number of carbonyl (C=O) groups is 2. The lowest BCUT2D eigenvalue weighted by atomic mass is 10.2. The van der Waals surface area contributed by atoms with Crippen LogP contribution in [0.2, 0.25) is 0 Å². The number of carbonyl (C=O) groups excluding carboxylic acids is 2. The molecule has 2 amide bonds. The third kappa shape index (κ3) is 4.42. The van der Waals surface area contributed by atoms with Crippen LogP contribution in [0.1, 0.15) is 22.5 Å². The molecule has 0 spiro atoms. The van der Waals surface area contributed by atoms with Crippen LogP contribution in [0.15, 0.2) is 54.6 Å². The number of nitrogens with one attached hydrogen (secondary N) is 3. The Morgan fingerprint density at radius 1 is 1.04 bits per heavy atom. The van der Waals surface area contributed by atoms with Crippen LogP contribution in [-0.4, -0.2) is 30.5 Å². The summed E-state index contributed by atoms with van der Waals surface area (Å²) in [4.78, 5) is 27.1. The SMILES string of the molecule is COc1ccc2cc(C(=O)NCCC(=O)NCc3ccccc3)[nH]c2c1. The molecule has 3 aromatic rings. The van der Waals surface area contributed by atoms with Crippen LogP contribution in [0, 0.1) is 0 Å². The highest BCUT2D eigenvalue weighted by molar-refractivity contribution is 5.98. The minimum Gasteiger partial charge on any atom is -0.497 e. The van der Waals surface area contributed by atoms with Gasteiger partial charge in [-0.05, 0) is 23.8 Å². The van der Waals surface area contributed by atoms with Crippen molar-refractivity contribution in [3.63, 3.8) is 0 Å². The van der Waals surface area contributed by atoms with E-state index in [4.69, 9.17) is 4.74 Å². The monoisotopic (exact) mass is 351 g/mol. The number of hydrogen-bond donors (Lipinski definition) is 3. The van der Waals surface area contributed by atoms with Crippen LogP contribution < -0.4 is 15.4 Å². The predicted molar refractivity (Wildman–Crippen MR) is 100 cm³/mol. The summed E-state index contributed by atoms with van der Waals surface area (Å²) in [5, 5.41) is 6.52. The molecule has 0 fully saturated rings. The Labute approximate surface area is 151 Å². The fraction of sp³-hybridized carbons (Fsp3) is 0.200. The average Bonchev–Trinajstić information content (AvgIpc) is 3.10. The van der Waals surface area contributed by atoms with E-state index in [2.05, 4.69) is 15.6 Å². The lowest BCUT2D eigenvalue weighted by molar-refractivity contribution is -0.121. The van der Waals surface area contributed by atoms with Gasteiger partial charge in [0.15, 0.2) is 0 Å². The topological polar surface area (TPSA) is 83.2 Å². The quantitative estimate of drug-likeness (QED) is 0.612. The highest BCUT2D eigenvalue weighted by Gasteiger charge is 2.10. The van der Waals surface area contributed by atoms with Gasteiger partial charge in [0.1, 0.15) is 11.4 Å². The Balaban J connectivity index is 1.47. The minimum atomic E-state index is -0.240. The number of hydrogen-bond acceptors (Lipinski definition) is 3. The molecule has 3 rings (SSSR count). The van der Waals surface area contributed by atoms with Crippen molar-refractivity contribution in [3.8, 4) is 5.75 Å². The fourth-order valence-corrected chi connectivity index (χ4v) is 2.63. The number of amides is 2. The van der Waals surface area contributed by atoms with Gasteiger partial charge in [-0.2, -0.15) is 0 Å². The molecule has 134 valence electrons. The standard InChI is InChI=1S/C20H21N3O3/c1-26-16-8-7-15-11-18(23-17(15)12-16)20(25)21-10-9-19(24)22-13-14-5-3-2-4-6-14/h2-8,11-12,23H,9-10,13H2,1H3,(H,21,25)(H,22,24). The van der Waals surface area contributed by atoms with Crippen LogP contribution in [-0.2, 0) is 11.3 Å². The molecule has 0 bridgehead atoms. The highest BCUT2D eigenvalue weighted by Crippen LogP contribution is 2.21. The summed E-state index contributed by atoms with van der Waals surface area (Å²) in [6.45, 7) is 0.760. The number of fused-ring (bicyclic) bond motifs is 1. The van der Waals surface area contributed by atoms with Crippen molar-refractivity contribution in [2.75, 3.05) is 13.7 Å². The predicted octanol–water partition coefficient (Wildman–Crippen LogP) is 2.61. The van der Waals surface area contributed by atoms with Gasteiger partial charge in [-0.1, -0.05) is 30.3 Å². The third-order valence-electron chi connectivity index (χ3n) is 4.04. The van der Waals surface area contributed by atoms with Crippen molar-refractivity contribution in [1.29, 1.82) is 0 Å². The van der Waals surface area contributed by atoms with E-state index in [1.807, 2.05) is 48.5 Å². The summed E-state index contributed by atoms with van der Waals surface area (Å²) < 4.78 is 5.17. The molecule has 0 aliphatic carbocycles. The second-order valence-electron chi connectivity index (χ2n) is 5.90. The van der Waals surface area contributed by atoms with E-state index in [0.717, 1.165) is 22.2 Å². The lowest BCUT2D eigenvalue weighted by Crippen LogP contribution is -2.30. The molecule has 0 saturated heterocycles. The van der Waals surface area contributed by atoms with Gasteiger partial charge >= 0.3 is 0 Å². The molecular formula is C20H21N3O3. The zero-order valence-electron chi connectivity index (χ0n) is 14.5. The van der Waals surface area contributed by atoms with Crippen LogP contribution in [0.5, 0.6) is 5.75 Å². The number of H-pyrrole nitrogens is 1. The van der Waals surface area contributed by atoms with Crippen LogP contribution in [0.3, 0.4) is 0 Å². The molecule has 0 saturated carbocycles. The summed E-state index contributed by atoms with van der Waals surface area (Å²) in [6, 6.07) is 17.0. The highest BCUT2D eigenvalue weighted by atomic mass is 16.5. The molecule has 0 aliphatic rings. The molecule has 0 atom stereocenters. The first-order chi connectivity index (χ1) is 12.7. The summed E-state index contributed by atoms with van der Waals surface area (Å²) in [5.74, 6) is 0.382. The van der Waals surface area contributed by atoms with E-state index in [0.29, 0.717) is 12.2 Å². The summed E-state index contributed by atoms with van der Waals surface area (Å²) in [5.41, 5.74) is 2.33. The molecule has 0 unspecified atom stereocenters. The van der Waals surface area contributed by atoms with Gasteiger partial charge in [0.05, 0.1) is 7.11 Å². The Morgan fingerprint density at radius 2 is 1.85 bits per heavy atom. The molecule has 26 heavy (non-hydrogen) atoms. The minimum absolute atomic E-state index is 0.101. The average molecular weight is 351 g/mol. The van der Waals surface area contributed by atoms with Crippen molar-refractivity contribution < 1.29 is 14.3 Å². The van der Waals surface area contributed by atoms with Crippen molar-refractivity contribution in [3.05, 3.63) is 65.9 Å². The van der Waals surface area contributed by atoms with Crippen molar-refractivity contribution >= 4 is 22.7 Å². The van der Waals surface area contributed by atoms with Gasteiger partial charge in [-0.25, -0.2) is 0 Å². The largest absolute Gasteiger partial charge is 0.497 e. The second-order valence-corrected chi connectivity index (χ2v) is 5.90. The van der Waals surface area contributed by atoms with Gasteiger partial charge in [0, 0.05) is 36.5 Å². The summed E-state index contributed by atoms with van der Waals surface area (Å²) >= 11 is 0. The normalized spacial score (nSPS) is 10.5. The van der Waals surface area contributed by atoms with Crippen molar-refractivity contribution in [1.82, 2.24) is 15.6 Å². The lowest BCUT2D eigenvalue weighted by Gasteiger charge is -2.06. The second kappa shape index (κ2) is 8.20. The van der Waals surface area contributed by atoms with E-state index in [1.54, 1.807) is 13.2 Å². The number of aromatic amines is 1. The van der Waals surface area contributed by atoms with Crippen LogP contribution >= 0.6 is 0 Å². The molecule has 2 aromatic carbocycles. The first-order valence-electron chi connectivity index (χ1n) is 8.41. The fourth-order valence-electron chi connectivity index (χ4n) is 2.63. The third-order valence-corrected chi connectivity index (χ3v) is 4.04. The zero-order valence-corrected chi connectivity index (χ0v) is 14.5. The molecule has 6 nitrogen and oxygen atoms in total. The van der Waals surface area contributed by atoms with Gasteiger partial charge in [0.25, 0.3) is 5.91 Å². The van der Waals surface area contributed by atoms with E-state index in [-0.39, 0.29) is 24.8 Å². The molecule has 0 aliphatic heterocycles. The van der Waals surface area contributed by atoms with E-state index >= 15 is 0 Å². The number of aromatic nitrogens is 1. The Bertz CT molecular complexity index is 903. The van der Waals surface area contributed by atoms with Gasteiger partial charge in [-0.15, -0.1) is 0 Å². The molecule has 1 aromatic heterocycles. The molecule has 3 N–H and O–H groups in total. The number of methoxy groups -OCH3 is 1. The van der Waals surface area contributed by atoms with Crippen molar-refractivity contribution in [2.45, 2.75) is 13.0 Å².